The van der Waals surface area contributed by atoms with Crippen LogP contribution in [-0.4, -0.2) is 26.1 Å². The van der Waals surface area contributed by atoms with Gasteiger partial charge in [-0.2, -0.15) is 5.10 Å². The number of amides is 1. The molecule has 2 heterocycles. The number of carbonyl (C=O) groups is 1. The fraction of sp³-hybridized carbons (Fsp3) is 0.125. The Hall–Kier alpha value is -3.22. The van der Waals surface area contributed by atoms with Crippen molar-refractivity contribution in [3.05, 3.63) is 69.9 Å². The molecule has 1 amide bonds. The first-order valence-electron chi connectivity index (χ1n) is 7.08. The van der Waals surface area contributed by atoms with Crippen molar-refractivity contribution >= 4 is 5.91 Å². The predicted octanol–water partition coefficient (Wildman–Crippen LogP) is 1.40. The van der Waals surface area contributed by atoms with E-state index in [0.717, 1.165) is 11.1 Å². The van der Waals surface area contributed by atoms with Crippen LogP contribution in [0.25, 0.3) is 11.4 Å². The van der Waals surface area contributed by atoms with Gasteiger partial charge in [-0.1, -0.05) is 30.3 Å². The third-order valence-corrected chi connectivity index (χ3v) is 3.21. The standard InChI is InChI=1S/C16H15N5O2/c1-10-7-12(18-14(22)8-10)16(23)17-9-13-19-15(21-20-13)11-5-3-2-4-6-11/h2-8H,9H2,1H3,(H,17,23)(H,18,22)(H,19,20,21). The summed E-state index contributed by atoms with van der Waals surface area (Å²) in [6, 6.07) is 12.6. The molecule has 0 unspecified atom stereocenters. The van der Waals surface area contributed by atoms with Crippen molar-refractivity contribution in [1.29, 1.82) is 0 Å². The van der Waals surface area contributed by atoms with Crippen LogP contribution in [0.4, 0.5) is 0 Å². The van der Waals surface area contributed by atoms with E-state index in [9.17, 15) is 9.59 Å². The zero-order valence-electron chi connectivity index (χ0n) is 12.5. The first kappa shape index (κ1) is 14.7. The number of nitrogens with one attached hydrogen (secondary N) is 3. The molecule has 0 saturated carbocycles. The number of aromatic nitrogens is 4. The van der Waals surface area contributed by atoms with E-state index < -0.39 is 0 Å². The maximum atomic E-state index is 12.1. The minimum Gasteiger partial charge on any atom is -0.343 e. The smallest absolute Gasteiger partial charge is 0.268 e. The summed E-state index contributed by atoms with van der Waals surface area (Å²) in [4.78, 5) is 30.3. The van der Waals surface area contributed by atoms with Gasteiger partial charge in [0.25, 0.3) is 5.91 Å². The lowest BCUT2D eigenvalue weighted by atomic mass is 10.2. The van der Waals surface area contributed by atoms with Crippen molar-refractivity contribution in [2.45, 2.75) is 13.5 Å². The Balaban J connectivity index is 1.68. The second-order valence-corrected chi connectivity index (χ2v) is 5.09. The topological polar surface area (TPSA) is 104 Å². The maximum Gasteiger partial charge on any atom is 0.268 e. The van der Waals surface area contributed by atoms with Gasteiger partial charge < -0.3 is 10.3 Å². The van der Waals surface area contributed by atoms with E-state index in [4.69, 9.17) is 0 Å². The molecule has 0 spiro atoms. The average Bonchev–Trinajstić information content (AvgIpc) is 3.01. The number of aryl methyl sites for hydroxylation is 1. The first-order chi connectivity index (χ1) is 11.1. The van der Waals surface area contributed by atoms with Crippen LogP contribution in [0.5, 0.6) is 0 Å². The molecule has 1 aromatic carbocycles. The van der Waals surface area contributed by atoms with Gasteiger partial charge in [-0.05, 0) is 18.6 Å². The molecule has 7 heteroatoms. The first-order valence-corrected chi connectivity index (χ1v) is 7.08. The molecular formula is C16H15N5O2. The van der Waals surface area contributed by atoms with Crippen LogP contribution in [0, 0.1) is 6.92 Å². The van der Waals surface area contributed by atoms with Gasteiger partial charge >= 0.3 is 0 Å². The number of carbonyl (C=O) groups excluding carboxylic acids is 1. The molecule has 0 aliphatic heterocycles. The zero-order valence-corrected chi connectivity index (χ0v) is 12.5. The van der Waals surface area contributed by atoms with Crippen LogP contribution in [0.3, 0.4) is 0 Å². The molecule has 3 aromatic rings. The molecular weight excluding hydrogens is 294 g/mol. The summed E-state index contributed by atoms with van der Waals surface area (Å²) in [6.07, 6.45) is 0. The van der Waals surface area contributed by atoms with Gasteiger partial charge in [0.05, 0.1) is 6.54 Å². The third-order valence-electron chi connectivity index (χ3n) is 3.21. The second kappa shape index (κ2) is 6.27. The quantitative estimate of drug-likeness (QED) is 0.677. The normalized spacial score (nSPS) is 10.5. The van der Waals surface area contributed by atoms with Gasteiger partial charge in [-0.3, -0.25) is 14.7 Å². The molecule has 0 aliphatic rings. The average molecular weight is 309 g/mol. The van der Waals surface area contributed by atoms with Gasteiger partial charge in [0.1, 0.15) is 11.5 Å². The number of benzene rings is 1. The number of hydrogen-bond acceptors (Lipinski definition) is 4. The fourth-order valence-corrected chi connectivity index (χ4v) is 2.15. The number of nitrogens with zero attached hydrogens (tertiary/aromatic N) is 2. The Morgan fingerprint density at radius 1 is 1.22 bits per heavy atom. The molecule has 3 rings (SSSR count). The van der Waals surface area contributed by atoms with Gasteiger partial charge in [-0.25, -0.2) is 4.98 Å². The SMILES string of the molecule is Cc1cc(C(=O)NCc2nc(-c3ccccc3)n[nH]2)[nH]c(=O)c1. The lowest BCUT2D eigenvalue weighted by Crippen LogP contribution is -2.26. The highest BCUT2D eigenvalue weighted by Crippen LogP contribution is 2.13. The van der Waals surface area contributed by atoms with Crippen molar-refractivity contribution in [2.24, 2.45) is 0 Å². The van der Waals surface area contributed by atoms with Gasteiger partial charge in [0.2, 0.25) is 5.56 Å². The second-order valence-electron chi connectivity index (χ2n) is 5.09. The summed E-state index contributed by atoms with van der Waals surface area (Å²) in [5.74, 6) is 0.731. The number of pyridine rings is 1. The van der Waals surface area contributed by atoms with Crippen LogP contribution >= 0.6 is 0 Å². The largest absolute Gasteiger partial charge is 0.343 e. The van der Waals surface area contributed by atoms with Crippen molar-refractivity contribution in [2.75, 3.05) is 0 Å². The summed E-state index contributed by atoms with van der Waals surface area (Å²) in [5, 5.41) is 9.60. The Kier molecular flexibility index (Phi) is 4.01. The third kappa shape index (κ3) is 3.52. The molecule has 2 aromatic heterocycles. The Morgan fingerprint density at radius 3 is 2.74 bits per heavy atom. The van der Waals surface area contributed by atoms with Crippen LogP contribution in [0.1, 0.15) is 21.9 Å². The molecule has 0 saturated heterocycles. The molecule has 0 aliphatic carbocycles. The van der Waals surface area contributed by atoms with E-state index in [2.05, 4.69) is 25.5 Å². The molecule has 116 valence electrons. The lowest BCUT2D eigenvalue weighted by Gasteiger charge is -2.03. The zero-order chi connectivity index (χ0) is 16.2. The lowest BCUT2D eigenvalue weighted by molar-refractivity contribution is 0.0944. The molecule has 0 atom stereocenters. The maximum absolute atomic E-state index is 12.1. The molecule has 3 N–H and O–H groups in total. The summed E-state index contributed by atoms with van der Waals surface area (Å²) in [7, 11) is 0. The number of H-pyrrole nitrogens is 2. The van der Waals surface area contributed by atoms with Gasteiger partial charge in [0.15, 0.2) is 5.82 Å². The van der Waals surface area contributed by atoms with Gasteiger partial charge in [-0.15, -0.1) is 0 Å². The van der Waals surface area contributed by atoms with Crippen molar-refractivity contribution in [3.63, 3.8) is 0 Å². The number of aromatic amines is 2. The van der Waals surface area contributed by atoms with E-state index in [-0.39, 0.29) is 23.7 Å². The predicted molar refractivity (Wildman–Crippen MR) is 84.8 cm³/mol. The van der Waals surface area contributed by atoms with Crippen molar-refractivity contribution in [1.82, 2.24) is 25.5 Å². The Labute approximate surface area is 131 Å². The monoisotopic (exact) mass is 309 g/mol. The molecule has 0 radical (unpaired) electrons. The Bertz CT molecular complexity index is 883. The molecule has 7 nitrogen and oxygen atoms in total. The van der Waals surface area contributed by atoms with E-state index in [1.165, 1.54) is 6.07 Å². The Morgan fingerprint density at radius 2 is 2.00 bits per heavy atom. The summed E-state index contributed by atoms with van der Waals surface area (Å²) >= 11 is 0. The van der Waals surface area contributed by atoms with Gasteiger partial charge in [0, 0.05) is 11.6 Å². The molecule has 0 bridgehead atoms. The van der Waals surface area contributed by atoms with E-state index in [0.29, 0.717) is 11.6 Å². The molecule has 0 fully saturated rings. The highest BCUT2D eigenvalue weighted by molar-refractivity contribution is 5.92. The number of hydrogen-bond donors (Lipinski definition) is 3. The van der Waals surface area contributed by atoms with Crippen molar-refractivity contribution in [3.8, 4) is 11.4 Å². The number of rotatable bonds is 4. The van der Waals surface area contributed by atoms with Crippen molar-refractivity contribution < 1.29 is 4.79 Å². The summed E-state index contributed by atoms with van der Waals surface area (Å²) in [6.45, 7) is 1.95. The van der Waals surface area contributed by atoms with E-state index in [1.54, 1.807) is 13.0 Å². The van der Waals surface area contributed by atoms with Crippen LogP contribution in [0.15, 0.2) is 47.3 Å². The van der Waals surface area contributed by atoms with Crippen LogP contribution in [-0.2, 0) is 6.54 Å². The van der Waals surface area contributed by atoms with Crippen LogP contribution in [0.2, 0.25) is 0 Å². The highest BCUT2D eigenvalue weighted by atomic mass is 16.2. The minimum absolute atomic E-state index is 0.189. The molecule has 23 heavy (non-hydrogen) atoms. The van der Waals surface area contributed by atoms with E-state index >= 15 is 0 Å². The fourth-order valence-electron chi connectivity index (χ4n) is 2.15. The minimum atomic E-state index is -0.372. The van der Waals surface area contributed by atoms with E-state index in [1.807, 2.05) is 30.3 Å². The van der Waals surface area contributed by atoms with Crippen LogP contribution < -0.4 is 10.9 Å². The highest BCUT2D eigenvalue weighted by Gasteiger charge is 2.10. The summed E-state index contributed by atoms with van der Waals surface area (Å²) < 4.78 is 0. The summed E-state index contributed by atoms with van der Waals surface area (Å²) in [5.41, 5.74) is 1.54.